The Morgan fingerprint density at radius 3 is 2.26 bits per heavy atom. The normalized spacial score (nSPS) is 32.8. The summed E-state index contributed by atoms with van der Waals surface area (Å²) in [6, 6.07) is 8.83. The Balaban J connectivity index is 1.31. The number of hydrogen-bond acceptors (Lipinski definition) is 4. The van der Waals surface area contributed by atoms with Crippen molar-refractivity contribution >= 4 is 0 Å². The number of hydrogen-bond donors (Lipinski definition) is 2. The van der Waals surface area contributed by atoms with E-state index < -0.39 is 6.10 Å². The van der Waals surface area contributed by atoms with Crippen LogP contribution in [0.2, 0.25) is 0 Å². The van der Waals surface area contributed by atoms with Gasteiger partial charge in [0.15, 0.2) is 0 Å². The van der Waals surface area contributed by atoms with E-state index in [1.807, 2.05) is 14.1 Å². The van der Waals surface area contributed by atoms with E-state index in [4.69, 9.17) is 4.74 Å². The van der Waals surface area contributed by atoms with Crippen LogP contribution in [0, 0.1) is 17.8 Å². The first-order valence-corrected chi connectivity index (χ1v) is 10.8. The van der Waals surface area contributed by atoms with Crippen LogP contribution in [0.4, 0.5) is 0 Å². The molecule has 0 aromatic heterocycles. The maximum absolute atomic E-state index is 10.2. The number of likely N-dealkylation sites (N-methyl/N-ethyl adjacent to an activating group) is 2. The lowest BCUT2D eigenvalue weighted by Crippen LogP contribution is -2.48. The third kappa shape index (κ3) is 4.33. The van der Waals surface area contributed by atoms with E-state index in [0.29, 0.717) is 18.6 Å². The molecule has 0 saturated heterocycles. The molecule has 4 aliphatic carbocycles. The molecule has 1 aromatic carbocycles. The fourth-order valence-electron chi connectivity index (χ4n) is 6.37. The second-order valence-corrected chi connectivity index (χ2v) is 9.55. The average molecular weight is 373 g/mol. The van der Waals surface area contributed by atoms with Crippen LogP contribution in [0.1, 0.15) is 44.1 Å². The molecule has 150 valence electrons. The monoisotopic (exact) mass is 372 g/mol. The molecule has 1 aromatic rings. The van der Waals surface area contributed by atoms with Gasteiger partial charge in [-0.3, -0.25) is 0 Å². The Kier molecular flexibility index (Phi) is 5.77. The van der Waals surface area contributed by atoms with Gasteiger partial charge in [0.05, 0.1) is 0 Å². The molecule has 1 unspecified atom stereocenters. The zero-order valence-corrected chi connectivity index (χ0v) is 17.0. The van der Waals surface area contributed by atoms with Gasteiger partial charge in [-0.25, -0.2) is 0 Å². The standard InChI is InChI=1S/C23H36N2O2/c1-24-7-8-25(2)15-21(26)16-27-22-5-3-20(4-6-22)23-12-17-9-18(13-23)11-19(10-17)14-23/h3-6,17-19,21,24,26H,7-16H2,1-2H3. The lowest BCUT2D eigenvalue weighted by atomic mass is 9.48. The molecule has 4 heteroatoms. The van der Waals surface area contributed by atoms with E-state index in [1.54, 1.807) is 0 Å². The van der Waals surface area contributed by atoms with E-state index >= 15 is 0 Å². The van der Waals surface area contributed by atoms with Crippen LogP contribution in [0.3, 0.4) is 0 Å². The highest BCUT2D eigenvalue weighted by Crippen LogP contribution is 2.60. The Bertz CT molecular complexity index is 580. The number of aliphatic hydroxyl groups is 1. The Labute approximate surface area is 164 Å². The topological polar surface area (TPSA) is 44.7 Å². The van der Waals surface area contributed by atoms with Gasteiger partial charge in [0.2, 0.25) is 0 Å². The Morgan fingerprint density at radius 1 is 1.11 bits per heavy atom. The van der Waals surface area contributed by atoms with Crippen LogP contribution in [0.25, 0.3) is 0 Å². The lowest BCUT2D eigenvalue weighted by molar-refractivity contribution is -0.00522. The van der Waals surface area contributed by atoms with Gasteiger partial charge in [-0.1, -0.05) is 12.1 Å². The molecule has 2 N–H and O–H groups in total. The lowest BCUT2D eigenvalue weighted by Gasteiger charge is -2.57. The molecule has 4 bridgehead atoms. The third-order valence-electron chi connectivity index (χ3n) is 7.21. The molecule has 4 saturated carbocycles. The van der Waals surface area contributed by atoms with Crippen molar-refractivity contribution in [1.82, 2.24) is 10.2 Å². The molecular weight excluding hydrogens is 336 g/mol. The number of ether oxygens (including phenoxy) is 1. The number of nitrogens with zero attached hydrogens (tertiary/aromatic N) is 1. The number of aliphatic hydroxyl groups excluding tert-OH is 1. The van der Waals surface area contributed by atoms with E-state index in [1.165, 1.54) is 44.1 Å². The summed E-state index contributed by atoms with van der Waals surface area (Å²) >= 11 is 0. The van der Waals surface area contributed by atoms with Crippen LogP contribution in [-0.4, -0.2) is 56.4 Å². The van der Waals surface area contributed by atoms with Crippen molar-refractivity contribution in [1.29, 1.82) is 0 Å². The van der Waals surface area contributed by atoms with E-state index in [2.05, 4.69) is 34.5 Å². The van der Waals surface area contributed by atoms with Crippen molar-refractivity contribution in [2.24, 2.45) is 17.8 Å². The quantitative estimate of drug-likeness (QED) is 0.699. The first-order chi connectivity index (χ1) is 13.1. The van der Waals surface area contributed by atoms with Crippen molar-refractivity contribution < 1.29 is 9.84 Å². The molecule has 0 radical (unpaired) electrons. The fourth-order valence-corrected chi connectivity index (χ4v) is 6.37. The van der Waals surface area contributed by atoms with E-state index in [-0.39, 0.29) is 0 Å². The highest BCUT2D eigenvalue weighted by molar-refractivity contribution is 5.34. The molecule has 4 fully saturated rings. The van der Waals surface area contributed by atoms with Crippen molar-refractivity contribution in [3.05, 3.63) is 29.8 Å². The van der Waals surface area contributed by atoms with Gasteiger partial charge in [-0.05, 0) is 93.5 Å². The zero-order valence-electron chi connectivity index (χ0n) is 17.0. The summed E-state index contributed by atoms with van der Waals surface area (Å²) in [6.45, 7) is 2.83. The molecule has 4 nitrogen and oxygen atoms in total. The van der Waals surface area contributed by atoms with Crippen LogP contribution in [0.5, 0.6) is 5.75 Å². The van der Waals surface area contributed by atoms with Crippen LogP contribution in [-0.2, 0) is 5.41 Å². The average Bonchev–Trinajstić information content (AvgIpc) is 2.64. The zero-order chi connectivity index (χ0) is 18.9. The minimum absolute atomic E-state index is 0.348. The fraction of sp³-hybridized carbons (Fsp3) is 0.739. The third-order valence-corrected chi connectivity index (χ3v) is 7.21. The molecule has 5 rings (SSSR count). The van der Waals surface area contributed by atoms with Gasteiger partial charge in [0.1, 0.15) is 18.5 Å². The smallest absolute Gasteiger partial charge is 0.119 e. The maximum Gasteiger partial charge on any atom is 0.119 e. The first kappa shape index (κ1) is 19.2. The van der Waals surface area contributed by atoms with Gasteiger partial charge in [0.25, 0.3) is 0 Å². The van der Waals surface area contributed by atoms with E-state index in [9.17, 15) is 5.11 Å². The molecule has 4 aliphatic rings. The van der Waals surface area contributed by atoms with Crippen LogP contribution < -0.4 is 10.1 Å². The summed E-state index contributed by atoms with van der Waals surface area (Å²) in [6.07, 6.45) is 8.20. The van der Waals surface area contributed by atoms with Crippen LogP contribution in [0.15, 0.2) is 24.3 Å². The maximum atomic E-state index is 10.2. The summed E-state index contributed by atoms with van der Waals surface area (Å²) in [7, 11) is 3.97. The largest absolute Gasteiger partial charge is 0.491 e. The van der Waals surface area contributed by atoms with Crippen molar-refractivity contribution in [3.63, 3.8) is 0 Å². The highest BCUT2D eigenvalue weighted by atomic mass is 16.5. The molecule has 0 heterocycles. The summed E-state index contributed by atoms with van der Waals surface area (Å²) in [5.74, 6) is 3.80. The predicted octanol–water partition coefficient (Wildman–Crippen LogP) is 3.05. The van der Waals surface area contributed by atoms with Gasteiger partial charge in [-0.2, -0.15) is 0 Å². The highest BCUT2D eigenvalue weighted by Gasteiger charge is 2.51. The van der Waals surface area contributed by atoms with Crippen molar-refractivity contribution in [3.8, 4) is 5.75 Å². The Hall–Kier alpha value is -1.10. The molecular formula is C23H36N2O2. The molecule has 1 atom stereocenters. The number of nitrogens with one attached hydrogen (secondary N) is 1. The van der Waals surface area contributed by atoms with Crippen LogP contribution >= 0.6 is 0 Å². The minimum Gasteiger partial charge on any atom is -0.491 e. The summed E-state index contributed by atoms with van der Waals surface area (Å²) < 4.78 is 5.85. The molecule has 0 spiro atoms. The van der Waals surface area contributed by atoms with Gasteiger partial charge >= 0.3 is 0 Å². The van der Waals surface area contributed by atoms with E-state index in [0.717, 1.165) is 36.6 Å². The first-order valence-electron chi connectivity index (χ1n) is 10.8. The number of rotatable bonds is 9. The molecule has 0 aliphatic heterocycles. The summed E-state index contributed by atoms with van der Waals surface area (Å²) in [4.78, 5) is 2.13. The Morgan fingerprint density at radius 2 is 1.70 bits per heavy atom. The van der Waals surface area contributed by atoms with Gasteiger partial charge < -0.3 is 20.1 Å². The van der Waals surface area contributed by atoms with Gasteiger partial charge in [0, 0.05) is 19.6 Å². The second-order valence-electron chi connectivity index (χ2n) is 9.55. The van der Waals surface area contributed by atoms with Crippen molar-refractivity contribution in [2.45, 2.75) is 50.0 Å². The SMILES string of the molecule is CNCCN(C)CC(O)COc1ccc(C23CC4CC(CC(C4)C2)C3)cc1. The summed E-state index contributed by atoms with van der Waals surface area (Å²) in [5.41, 5.74) is 1.98. The second kappa shape index (κ2) is 8.10. The predicted molar refractivity (Wildman–Crippen MR) is 109 cm³/mol. The van der Waals surface area contributed by atoms with Gasteiger partial charge in [-0.15, -0.1) is 0 Å². The number of benzene rings is 1. The minimum atomic E-state index is -0.463. The molecule has 0 amide bonds. The molecule has 27 heavy (non-hydrogen) atoms. The summed E-state index contributed by atoms with van der Waals surface area (Å²) in [5, 5.41) is 13.3. The van der Waals surface area contributed by atoms with Crippen molar-refractivity contribution in [2.75, 3.05) is 40.3 Å².